The van der Waals surface area contributed by atoms with Gasteiger partial charge in [0.2, 0.25) is 0 Å². The molecule has 1 aromatic carbocycles. The molecule has 5 nitrogen and oxygen atoms in total. The van der Waals surface area contributed by atoms with Crippen LogP contribution in [0.2, 0.25) is 10.0 Å². The summed E-state index contributed by atoms with van der Waals surface area (Å²) in [4.78, 5) is 32.7. The summed E-state index contributed by atoms with van der Waals surface area (Å²) in [5.74, 6) is -0.681. The monoisotopic (exact) mass is 403 g/mol. The van der Waals surface area contributed by atoms with Gasteiger partial charge in [0.1, 0.15) is 5.70 Å². The quantitative estimate of drug-likeness (QED) is 0.690. The molecule has 2 amide bonds. The molecular formula is C20H19Cl2N3O2. The lowest BCUT2D eigenvalue weighted by atomic mass is 10.0. The van der Waals surface area contributed by atoms with Crippen LogP contribution in [0.15, 0.2) is 48.4 Å². The topological polar surface area (TPSA) is 53.5 Å². The van der Waals surface area contributed by atoms with Crippen molar-refractivity contribution in [1.29, 1.82) is 0 Å². The van der Waals surface area contributed by atoms with E-state index in [2.05, 4.69) is 4.98 Å². The molecule has 2 aromatic rings. The number of carbonyl (C=O) groups excluding carboxylic acids is 2. The van der Waals surface area contributed by atoms with Gasteiger partial charge in [-0.05, 0) is 43.2 Å². The van der Waals surface area contributed by atoms with Gasteiger partial charge >= 0.3 is 0 Å². The van der Waals surface area contributed by atoms with Crippen LogP contribution in [-0.2, 0) is 16.0 Å². The summed E-state index contributed by atoms with van der Waals surface area (Å²) in [6.45, 7) is 3.14. The zero-order valence-electron chi connectivity index (χ0n) is 15.1. The molecule has 0 atom stereocenters. The second-order valence-corrected chi connectivity index (χ2v) is 7.05. The molecule has 0 radical (unpaired) electrons. The minimum atomic E-state index is -0.360. The maximum atomic E-state index is 12.8. The molecule has 3 rings (SSSR count). The number of hydrogen-bond acceptors (Lipinski definition) is 4. The van der Waals surface area contributed by atoms with Crippen molar-refractivity contribution in [2.24, 2.45) is 0 Å². The third-order valence-electron chi connectivity index (χ3n) is 4.58. The molecule has 0 aliphatic carbocycles. The molecular weight excluding hydrogens is 385 g/mol. The van der Waals surface area contributed by atoms with Crippen LogP contribution in [-0.4, -0.2) is 46.7 Å². The van der Waals surface area contributed by atoms with Gasteiger partial charge in [-0.15, -0.1) is 0 Å². The Morgan fingerprint density at radius 3 is 2.41 bits per heavy atom. The van der Waals surface area contributed by atoms with Crippen LogP contribution in [0.3, 0.4) is 0 Å². The minimum absolute atomic E-state index is 0.320. The molecule has 140 valence electrons. The molecule has 1 aliphatic heterocycles. The number of halogens is 2. The Morgan fingerprint density at radius 2 is 1.78 bits per heavy atom. The van der Waals surface area contributed by atoms with Crippen molar-refractivity contribution in [3.05, 3.63) is 69.6 Å². The van der Waals surface area contributed by atoms with Crippen molar-refractivity contribution < 1.29 is 9.59 Å². The van der Waals surface area contributed by atoms with Crippen LogP contribution in [0, 0.1) is 0 Å². The third-order valence-corrected chi connectivity index (χ3v) is 5.13. The number of rotatable bonds is 6. The first-order valence-electron chi connectivity index (χ1n) is 8.60. The summed E-state index contributed by atoms with van der Waals surface area (Å²) < 4.78 is 0. The molecule has 0 saturated heterocycles. The van der Waals surface area contributed by atoms with Gasteiger partial charge in [-0.3, -0.25) is 19.5 Å². The normalized spacial score (nSPS) is 14.3. The Morgan fingerprint density at radius 1 is 1.07 bits per heavy atom. The number of benzene rings is 1. The molecule has 0 bridgehead atoms. The fourth-order valence-electron chi connectivity index (χ4n) is 3.10. The number of amides is 2. The molecule has 1 aromatic heterocycles. The van der Waals surface area contributed by atoms with Gasteiger partial charge in [0.05, 0.1) is 10.6 Å². The highest BCUT2D eigenvalue weighted by atomic mass is 35.5. The molecule has 1 aliphatic rings. The number of imide groups is 1. The van der Waals surface area contributed by atoms with Gasteiger partial charge in [-0.1, -0.05) is 29.3 Å². The Hall–Kier alpha value is -2.37. The standard InChI is InChI=1S/C20H19Cl2N3O2/c1-3-25(11-8-13-6-9-23-10-7-13)18-17(19(26)24(2)20(18)27)15-5-4-14(21)12-16(15)22/h4-7,9-10,12H,3,8,11H2,1-2H3. The van der Waals surface area contributed by atoms with Crippen LogP contribution < -0.4 is 0 Å². The number of nitrogens with zero attached hydrogens (tertiary/aromatic N) is 3. The van der Waals surface area contributed by atoms with E-state index in [1.165, 1.54) is 7.05 Å². The average Bonchev–Trinajstić information content (AvgIpc) is 2.88. The smallest absolute Gasteiger partial charge is 0.277 e. The number of carbonyl (C=O) groups is 2. The van der Waals surface area contributed by atoms with E-state index in [4.69, 9.17) is 23.2 Å². The molecule has 0 fully saturated rings. The summed E-state index contributed by atoms with van der Waals surface area (Å²) in [7, 11) is 1.48. The van der Waals surface area contributed by atoms with Crippen molar-refractivity contribution in [3.8, 4) is 0 Å². The van der Waals surface area contributed by atoms with E-state index in [9.17, 15) is 9.59 Å². The lowest BCUT2D eigenvalue weighted by molar-refractivity contribution is -0.135. The number of pyridine rings is 1. The molecule has 27 heavy (non-hydrogen) atoms. The summed E-state index contributed by atoms with van der Waals surface area (Å²) in [5.41, 5.74) is 2.32. The third kappa shape index (κ3) is 3.84. The first kappa shape index (κ1) is 19.4. The van der Waals surface area contributed by atoms with Gasteiger partial charge in [0.15, 0.2) is 0 Å². The highest BCUT2D eigenvalue weighted by Crippen LogP contribution is 2.35. The van der Waals surface area contributed by atoms with E-state index in [-0.39, 0.29) is 11.8 Å². The fraction of sp³-hybridized carbons (Fsp3) is 0.250. The lowest BCUT2D eigenvalue weighted by Crippen LogP contribution is -2.33. The van der Waals surface area contributed by atoms with E-state index in [1.54, 1.807) is 30.6 Å². The van der Waals surface area contributed by atoms with Crippen molar-refractivity contribution in [2.75, 3.05) is 20.1 Å². The largest absolute Gasteiger partial charge is 0.366 e. The van der Waals surface area contributed by atoms with Crippen LogP contribution in [0.1, 0.15) is 18.1 Å². The summed E-state index contributed by atoms with van der Waals surface area (Å²) >= 11 is 12.3. The van der Waals surface area contributed by atoms with Gasteiger partial charge in [-0.25, -0.2) is 0 Å². The molecule has 0 saturated carbocycles. The first-order chi connectivity index (χ1) is 12.9. The molecule has 0 spiro atoms. The SMILES string of the molecule is CCN(CCc1ccncc1)C1=C(c2ccc(Cl)cc2Cl)C(=O)N(C)C1=O. The molecule has 2 heterocycles. The van der Waals surface area contributed by atoms with E-state index in [0.29, 0.717) is 40.0 Å². The highest BCUT2D eigenvalue weighted by Gasteiger charge is 2.39. The van der Waals surface area contributed by atoms with Gasteiger partial charge in [0.25, 0.3) is 11.8 Å². The van der Waals surface area contributed by atoms with Crippen LogP contribution in [0.4, 0.5) is 0 Å². The molecule has 7 heteroatoms. The van der Waals surface area contributed by atoms with Crippen molar-refractivity contribution in [1.82, 2.24) is 14.8 Å². The van der Waals surface area contributed by atoms with Gasteiger partial charge in [0, 0.05) is 43.1 Å². The summed E-state index contributed by atoms with van der Waals surface area (Å²) in [6, 6.07) is 8.80. The van der Waals surface area contributed by atoms with Crippen LogP contribution >= 0.6 is 23.2 Å². The Balaban J connectivity index is 2.01. The summed E-state index contributed by atoms with van der Waals surface area (Å²) in [6.07, 6.45) is 4.20. The van der Waals surface area contributed by atoms with Crippen molar-refractivity contribution in [3.63, 3.8) is 0 Å². The van der Waals surface area contributed by atoms with Gasteiger partial charge < -0.3 is 4.90 Å². The van der Waals surface area contributed by atoms with Crippen molar-refractivity contribution in [2.45, 2.75) is 13.3 Å². The number of hydrogen-bond donors (Lipinski definition) is 0. The first-order valence-corrected chi connectivity index (χ1v) is 9.35. The zero-order chi connectivity index (χ0) is 19.6. The predicted molar refractivity (Wildman–Crippen MR) is 106 cm³/mol. The average molecular weight is 404 g/mol. The second kappa shape index (κ2) is 8.11. The number of likely N-dealkylation sites (N-methyl/N-ethyl adjacent to an activating group) is 2. The van der Waals surface area contributed by atoms with Crippen LogP contribution in [0.25, 0.3) is 5.57 Å². The maximum Gasteiger partial charge on any atom is 0.277 e. The van der Waals surface area contributed by atoms with E-state index >= 15 is 0 Å². The zero-order valence-corrected chi connectivity index (χ0v) is 16.6. The van der Waals surface area contributed by atoms with E-state index in [0.717, 1.165) is 16.9 Å². The fourth-order valence-corrected chi connectivity index (χ4v) is 3.60. The van der Waals surface area contributed by atoms with Gasteiger partial charge in [-0.2, -0.15) is 0 Å². The maximum absolute atomic E-state index is 12.8. The molecule has 0 N–H and O–H groups in total. The highest BCUT2D eigenvalue weighted by molar-refractivity contribution is 6.41. The van der Waals surface area contributed by atoms with Crippen molar-refractivity contribution >= 4 is 40.6 Å². The number of aromatic nitrogens is 1. The molecule has 0 unspecified atom stereocenters. The Bertz CT molecular complexity index is 913. The second-order valence-electron chi connectivity index (χ2n) is 6.20. The Labute approximate surface area is 168 Å². The Kier molecular flexibility index (Phi) is 5.82. The van der Waals surface area contributed by atoms with E-state index < -0.39 is 0 Å². The predicted octanol–water partition coefficient (Wildman–Crippen LogP) is 3.66. The lowest BCUT2D eigenvalue weighted by Gasteiger charge is -2.24. The van der Waals surface area contributed by atoms with E-state index in [1.807, 2.05) is 24.0 Å². The van der Waals surface area contributed by atoms with Crippen LogP contribution in [0.5, 0.6) is 0 Å². The summed E-state index contributed by atoms with van der Waals surface area (Å²) in [5, 5.41) is 0.817. The minimum Gasteiger partial charge on any atom is -0.366 e.